The number of para-hydroxylation sites is 2. The molecule has 1 aliphatic heterocycles. The highest BCUT2D eigenvalue weighted by Crippen LogP contribution is 2.30. The second kappa shape index (κ2) is 7.84. The third-order valence-electron chi connectivity index (χ3n) is 5.77. The number of aromatic nitrogens is 2. The van der Waals surface area contributed by atoms with Gasteiger partial charge in [-0.1, -0.05) is 24.3 Å². The predicted octanol–water partition coefficient (Wildman–Crippen LogP) is 4.51. The normalized spacial score (nSPS) is 17.3. The molecule has 1 aromatic heterocycles. The number of likely N-dealkylation sites (tertiary alicyclic amines) is 1. The first kappa shape index (κ1) is 18.8. The molecule has 0 aliphatic carbocycles. The Morgan fingerprint density at radius 2 is 1.68 bits per heavy atom. The van der Waals surface area contributed by atoms with Gasteiger partial charge in [-0.2, -0.15) is 0 Å². The van der Waals surface area contributed by atoms with Crippen LogP contribution in [0.3, 0.4) is 0 Å². The van der Waals surface area contributed by atoms with Crippen LogP contribution in [0.1, 0.15) is 51.3 Å². The monoisotopic (exact) mass is 379 g/mol. The van der Waals surface area contributed by atoms with Gasteiger partial charge in [-0.25, -0.2) is 4.79 Å². The summed E-state index contributed by atoms with van der Waals surface area (Å²) in [6.45, 7) is 8.32. The lowest BCUT2D eigenvalue weighted by Crippen LogP contribution is -2.38. The highest BCUT2D eigenvalue weighted by Gasteiger charge is 2.26. The van der Waals surface area contributed by atoms with Crippen LogP contribution in [-0.2, 0) is 0 Å². The Labute approximate surface area is 165 Å². The SMILES string of the molecule is CC(C)Oc1ccc(C(C)N2CCC(n3c(=O)[nH]c4ccccc43)CC2)cc1. The molecule has 0 bridgehead atoms. The Hall–Kier alpha value is -2.53. The van der Waals surface area contributed by atoms with E-state index in [9.17, 15) is 4.79 Å². The van der Waals surface area contributed by atoms with Gasteiger partial charge in [-0.05, 0) is 63.4 Å². The largest absolute Gasteiger partial charge is 0.491 e. The molecule has 4 rings (SSSR count). The second-order valence-electron chi connectivity index (χ2n) is 8.00. The van der Waals surface area contributed by atoms with E-state index in [1.165, 1.54) is 5.56 Å². The minimum atomic E-state index is 0.00781. The summed E-state index contributed by atoms with van der Waals surface area (Å²) in [5, 5.41) is 0. The molecule has 5 heteroatoms. The number of nitrogens with one attached hydrogen (secondary N) is 1. The van der Waals surface area contributed by atoms with Crippen molar-refractivity contribution < 1.29 is 4.74 Å². The Balaban J connectivity index is 1.43. The standard InChI is InChI=1S/C23H29N3O2/c1-16(2)28-20-10-8-18(9-11-20)17(3)25-14-12-19(13-15-25)26-22-7-5-4-6-21(22)24-23(26)27/h4-11,16-17,19H,12-15H2,1-3H3,(H,24,27). The minimum absolute atomic E-state index is 0.00781. The fourth-order valence-electron chi connectivity index (χ4n) is 4.28. The van der Waals surface area contributed by atoms with E-state index in [1.807, 2.05) is 42.7 Å². The first-order valence-corrected chi connectivity index (χ1v) is 10.2. The van der Waals surface area contributed by atoms with E-state index in [-0.39, 0.29) is 17.8 Å². The lowest BCUT2D eigenvalue weighted by Gasteiger charge is -2.36. The molecule has 2 aromatic carbocycles. The van der Waals surface area contributed by atoms with Crippen LogP contribution in [0.2, 0.25) is 0 Å². The smallest absolute Gasteiger partial charge is 0.326 e. The zero-order valence-electron chi connectivity index (χ0n) is 16.9. The molecule has 1 unspecified atom stereocenters. The number of benzene rings is 2. The summed E-state index contributed by atoms with van der Waals surface area (Å²) in [6.07, 6.45) is 2.16. The van der Waals surface area contributed by atoms with Gasteiger partial charge in [0.1, 0.15) is 5.75 Å². The Morgan fingerprint density at radius 3 is 2.36 bits per heavy atom. The van der Waals surface area contributed by atoms with Gasteiger partial charge in [0.15, 0.2) is 0 Å². The fourth-order valence-corrected chi connectivity index (χ4v) is 4.28. The number of ether oxygens (including phenoxy) is 1. The van der Waals surface area contributed by atoms with E-state index in [1.54, 1.807) is 0 Å². The van der Waals surface area contributed by atoms with Crippen LogP contribution in [0.4, 0.5) is 0 Å². The average molecular weight is 380 g/mol. The number of rotatable bonds is 5. The van der Waals surface area contributed by atoms with E-state index in [0.29, 0.717) is 6.04 Å². The molecule has 0 saturated carbocycles. The molecule has 1 fully saturated rings. The Kier molecular flexibility index (Phi) is 5.27. The zero-order valence-corrected chi connectivity index (χ0v) is 16.9. The molecular weight excluding hydrogens is 350 g/mol. The number of H-pyrrole nitrogens is 1. The molecule has 0 spiro atoms. The molecule has 2 heterocycles. The third-order valence-corrected chi connectivity index (χ3v) is 5.77. The second-order valence-corrected chi connectivity index (χ2v) is 8.00. The van der Waals surface area contributed by atoms with Crippen molar-refractivity contribution >= 4 is 11.0 Å². The molecule has 1 aliphatic rings. The van der Waals surface area contributed by atoms with E-state index < -0.39 is 0 Å². The quantitative estimate of drug-likeness (QED) is 0.709. The van der Waals surface area contributed by atoms with Crippen LogP contribution in [0.15, 0.2) is 53.3 Å². The maximum absolute atomic E-state index is 12.5. The number of aromatic amines is 1. The van der Waals surface area contributed by atoms with Gasteiger partial charge in [0.2, 0.25) is 0 Å². The lowest BCUT2D eigenvalue weighted by molar-refractivity contribution is 0.143. The summed E-state index contributed by atoms with van der Waals surface area (Å²) in [6, 6.07) is 17.0. The van der Waals surface area contributed by atoms with Gasteiger partial charge in [-0.15, -0.1) is 0 Å². The first-order valence-electron chi connectivity index (χ1n) is 10.2. The number of fused-ring (bicyclic) bond motifs is 1. The van der Waals surface area contributed by atoms with Crippen molar-refractivity contribution in [3.63, 3.8) is 0 Å². The molecule has 0 amide bonds. The van der Waals surface area contributed by atoms with Crippen molar-refractivity contribution in [3.8, 4) is 5.75 Å². The number of imidazole rings is 1. The van der Waals surface area contributed by atoms with Crippen LogP contribution in [0.5, 0.6) is 5.75 Å². The van der Waals surface area contributed by atoms with Gasteiger partial charge >= 0.3 is 5.69 Å². The number of hydrogen-bond donors (Lipinski definition) is 1. The molecule has 5 nitrogen and oxygen atoms in total. The van der Waals surface area contributed by atoms with Crippen LogP contribution < -0.4 is 10.4 Å². The number of nitrogens with zero attached hydrogens (tertiary/aromatic N) is 2. The molecule has 1 atom stereocenters. The summed E-state index contributed by atoms with van der Waals surface area (Å²) in [5.74, 6) is 0.920. The van der Waals surface area contributed by atoms with E-state index in [0.717, 1.165) is 42.7 Å². The molecule has 3 aromatic rings. The van der Waals surface area contributed by atoms with Gasteiger partial charge in [0.25, 0.3) is 0 Å². The van der Waals surface area contributed by atoms with Crippen LogP contribution >= 0.6 is 0 Å². The van der Waals surface area contributed by atoms with E-state index in [2.05, 4.69) is 41.1 Å². The van der Waals surface area contributed by atoms with Crippen molar-refractivity contribution in [2.75, 3.05) is 13.1 Å². The lowest BCUT2D eigenvalue weighted by atomic mass is 10.00. The summed E-state index contributed by atoms with van der Waals surface area (Å²) >= 11 is 0. The number of hydrogen-bond acceptors (Lipinski definition) is 3. The topological polar surface area (TPSA) is 50.3 Å². The maximum Gasteiger partial charge on any atom is 0.326 e. The Bertz CT molecular complexity index is 979. The van der Waals surface area contributed by atoms with Gasteiger partial charge in [0.05, 0.1) is 17.1 Å². The van der Waals surface area contributed by atoms with E-state index >= 15 is 0 Å². The molecule has 0 radical (unpaired) electrons. The van der Waals surface area contributed by atoms with Crippen molar-refractivity contribution in [1.82, 2.24) is 14.5 Å². The summed E-state index contributed by atoms with van der Waals surface area (Å²) in [4.78, 5) is 18.0. The predicted molar refractivity (Wildman–Crippen MR) is 113 cm³/mol. The molecule has 1 saturated heterocycles. The zero-order chi connectivity index (χ0) is 19.7. The van der Waals surface area contributed by atoms with Gasteiger partial charge in [-0.3, -0.25) is 9.47 Å². The number of piperidine rings is 1. The fraction of sp³-hybridized carbons (Fsp3) is 0.435. The Morgan fingerprint density at radius 1 is 1.00 bits per heavy atom. The van der Waals surface area contributed by atoms with Crippen molar-refractivity contribution in [2.45, 2.75) is 51.8 Å². The van der Waals surface area contributed by atoms with Gasteiger partial charge < -0.3 is 9.72 Å². The van der Waals surface area contributed by atoms with E-state index in [4.69, 9.17) is 4.74 Å². The molecule has 28 heavy (non-hydrogen) atoms. The first-order chi connectivity index (χ1) is 13.5. The highest BCUT2D eigenvalue weighted by molar-refractivity contribution is 5.75. The summed E-state index contributed by atoms with van der Waals surface area (Å²) in [5.41, 5.74) is 3.25. The van der Waals surface area contributed by atoms with Crippen molar-refractivity contribution in [2.24, 2.45) is 0 Å². The molecule has 1 N–H and O–H groups in total. The average Bonchev–Trinajstić information content (AvgIpc) is 3.03. The van der Waals surface area contributed by atoms with Gasteiger partial charge in [0, 0.05) is 25.2 Å². The van der Waals surface area contributed by atoms with Crippen LogP contribution in [0, 0.1) is 0 Å². The summed E-state index contributed by atoms with van der Waals surface area (Å²) < 4.78 is 7.70. The summed E-state index contributed by atoms with van der Waals surface area (Å²) in [7, 11) is 0. The maximum atomic E-state index is 12.5. The van der Waals surface area contributed by atoms with Crippen LogP contribution in [0.25, 0.3) is 11.0 Å². The molecular formula is C23H29N3O2. The minimum Gasteiger partial charge on any atom is -0.491 e. The third kappa shape index (κ3) is 3.72. The van der Waals surface area contributed by atoms with Crippen LogP contribution in [-0.4, -0.2) is 33.6 Å². The van der Waals surface area contributed by atoms with Crippen molar-refractivity contribution in [1.29, 1.82) is 0 Å². The van der Waals surface area contributed by atoms with Crippen molar-refractivity contribution in [3.05, 3.63) is 64.6 Å². The highest BCUT2D eigenvalue weighted by atomic mass is 16.5. The molecule has 148 valence electrons.